The van der Waals surface area contributed by atoms with Crippen molar-refractivity contribution < 1.29 is 25.2 Å². The lowest BCUT2D eigenvalue weighted by Crippen LogP contribution is -2.21. The molecule has 0 heterocycles. The molecule has 0 fully saturated rings. The third-order valence-electron chi connectivity index (χ3n) is 6.69. The standard InChI is InChI=1S/C28H58O3.C3H8O2/c1-3-5-7-9-11-13-15-17-19-21-23-25-27(29)31-28(30)26-24-22-20-18-16-14-12-10-8-6-4-2;1-3(5)2-4/h27-30H,3-26H2,1-2H3;3-5H,2H2,1H3. The molecule has 36 heavy (non-hydrogen) atoms. The highest BCUT2D eigenvalue weighted by molar-refractivity contribution is 4.53. The molecular weight excluding hydrogens is 452 g/mol. The number of unbranched alkanes of at least 4 members (excludes halogenated alkanes) is 20. The molecule has 5 heteroatoms. The zero-order chi connectivity index (χ0) is 27.1. The minimum absolute atomic E-state index is 0.139. The van der Waals surface area contributed by atoms with E-state index in [4.69, 9.17) is 14.9 Å². The average Bonchev–Trinajstić information content (AvgIpc) is 2.86. The Labute approximate surface area is 225 Å². The fraction of sp³-hybridized carbons (Fsp3) is 1.00. The Morgan fingerprint density at radius 2 is 0.667 bits per heavy atom. The van der Waals surface area contributed by atoms with Gasteiger partial charge >= 0.3 is 0 Å². The van der Waals surface area contributed by atoms with Crippen LogP contribution in [0.5, 0.6) is 0 Å². The zero-order valence-electron chi connectivity index (χ0n) is 24.6. The van der Waals surface area contributed by atoms with Gasteiger partial charge in [0, 0.05) is 0 Å². The lowest BCUT2D eigenvalue weighted by Gasteiger charge is -2.17. The summed E-state index contributed by atoms with van der Waals surface area (Å²) in [7, 11) is 0. The first-order valence-electron chi connectivity index (χ1n) is 15.8. The Morgan fingerprint density at radius 3 is 0.889 bits per heavy atom. The molecule has 4 N–H and O–H groups in total. The molecule has 3 unspecified atom stereocenters. The van der Waals surface area contributed by atoms with Crippen LogP contribution < -0.4 is 0 Å². The normalized spacial score (nSPS) is 13.8. The van der Waals surface area contributed by atoms with Crippen molar-refractivity contribution in [3.05, 3.63) is 0 Å². The molecule has 0 aliphatic carbocycles. The largest absolute Gasteiger partial charge is 0.394 e. The summed E-state index contributed by atoms with van der Waals surface area (Å²) in [5.41, 5.74) is 0. The van der Waals surface area contributed by atoms with Crippen LogP contribution in [-0.2, 0) is 4.74 Å². The van der Waals surface area contributed by atoms with Crippen molar-refractivity contribution in [1.82, 2.24) is 0 Å². The van der Waals surface area contributed by atoms with Gasteiger partial charge in [-0.2, -0.15) is 0 Å². The molecule has 0 rings (SSSR count). The lowest BCUT2D eigenvalue weighted by atomic mass is 10.1. The number of hydrogen-bond acceptors (Lipinski definition) is 5. The van der Waals surface area contributed by atoms with E-state index in [0.717, 1.165) is 25.7 Å². The zero-order valence-corrected chi connectivity index (χ0v) is 24.6. The van der Waals surface area contributed by atoms with Crippen molar-refractivity contribution in [2.45, 2.75) is 194 Å². The third-order valence-corrected chi connectivity index (χ3v) is 6.69. The monoisotopic (exact) mass is 518 g/mol. The highest BCUT2D eigenvalue weighted by Crippen LogP contribution is 2.15. The Balaban J connectivity index is 0. The Hall–Kier alpha value is -0.200. The van der Waals surface area contributed by atoms with Crippen LogP contribution in [0.25, 0.3) is 0 Å². The van der Waals surface area contributed by atoms with Gasteiger partial charge in [0.2, 0.25) is 0 Å². The van der Waals surface area contributed by atoms with Gasteiger partial charge in [-0.25, -0.2) is 0 Å². The summed E-state index contributed by atoms with van der Waals surface area (Å²) in [4.78, 5) is 0. The van der Waals surface area contributed by atoms with E-state index in [1.807, 2.05) is 0 Å². The van der Waals surface area contributed by atoms with Crippen molar-refractivity contribution >= 4 is 0 Å². The first kappa shape index (κ1) is 37.9. The maximum Gasteiger partial charge on any atom is 0.157 e. The Kier molecular flexibility index (Phi) is 34.6. The highest BCUT2D eigenvalue weighted by atomic mass is 16.7. The van der Waals surface area contributed by atoms with E-state index >= 15 is 0 Å². The van der Waals surface area contributed by atoms with E-state index in [1.165, 1.54) is 122 Å². The average molecular weight is 519 g/mol. The van der Waals surface area contributed by atoms with Crippen LogP contribution in [0.2, 0.25) is 0 Å². The summed E-state index contributed by atoms with van der Waals surface area (Å²) in [6, 6.07) is 0. The number of ether oxygens (including phenoxy) is 1. The SMILES string of the molecule is CC(O)CO.CCCCCCCCCCCCCC(O)OC(O)CCCCCCCCCCCCC. The van der Waals surface area contributed by atoms with Crippen LogP contribution >= 0.6 is 0 Å². The predicted octanol–water partition coefficient (Wildman–Crippen LogP) is 8.40. The van der Waals surface area contributed by atoms with E-state index in [9.17, 15) is 10.2 Å². The second-order valence-corrected chi connectivity index (χ2v) is 10.7. The highest BCUT2D eigenvalue weighted by Gasteiger charge is 2.11. The summed E-state index contributed by atoms with van der Waals surface area (Å²) in [6.07, 6.45) is 27.8. The van der Waals surface area contributed by atoms with Crippen LogP contribution in [0.3, 0.4) is 0 Å². The van der Waals surface area contributed by atoms with Gasteiger partial charge in [-0.1, -0.05) is 142 Å². The van der Waals surface area contributed by atoms with Crippen LogP contribution in [0.1, 0.15) is 175 Å². The molecule has 0 aromatic rings. The van der Waals surface area contributed by atoms with Gasteiger partial charge in [-0.15, -0.1) is 0 Å². The number of aliphatic hydroxyl groups is 4. The molecule has 3 atom stereocenters. The molecule has 0 bridgehead atoms. The minimum atomic E-state index is -0.804. The summed E-state index contributed by atoms with van der Waals surface area (Å²) in [6.45, 7) is 5.92. The maximum atomic E-state index is 9.96. The first-order chi connectivity index (χ1) is 17.5. The van der Waals surface area contributed by atoms with Crippen LogP contribution in [0.15, 0.2) is 0 Å². The molecule has 0 amide bonds. The third kappa shape index (κ3) is 36.0. The van der Waals surface area contributed by atoms with Gasteiger partial charge in [0.25, 0.3) is 0 Å². The molecule has 0 aliphatic rings. The summed E-state index contributed by atoms with van der Waals surface area (Å²) < 4.78 is 5.35. The van der Waals surface area contributed by atoms with Crippen molar-refractivity contribution in [3.8, 4) is 0 Å². The molecule has 0 spiro atoms. The number of hydrogen-bond donors (Lipinski definition) is 4. The molecular formula is C31H66O5. The molecule has 0 radical (unpaired) electrons. The molecule has 0 saturated carbocycles. The quantitative estimate of drug-likeness (QED) is 0.0647. The number of rotatable bonds is 27. The van der Waals surface area contributed by atoms with E-state index in [0.29, 0.717) is 12.8 Å². The molecule has 0 aliphatic heterocycles. The van der Waals surface area contributed by atoms with Gasteiger partial charge in [0.15, 0.2) is 12.6 Å². The van der Waals surface area contributed by atoms with Crippen molar-refractivity contribution in [1.29, 1.82) is 0 Å². The second-order valence-electron chi connectivity index (χ2n) is 10.7. The van der Waals surface area contributed by atoms with E-state index < -0.39 is 18.7 Å². The van der Waals surface area contributed by atoms with Gasteiger partial charge in [-0.3, -0.25) is 0 Å². The fourth-order valence-corrected chi connectivity index (χ4v) is 4.28. The van der Waals surface area contributed by atoms with E-state index in [2.05, 4.69) is 13.8 Å². The molecule has 0 aromatic heterocycles. The molecule has 0 aromatic carbocycles. The van der Waals surface area contributed by atoms with Crippen molar-refractivity contribution in [2.24, 2.45) is 0 Å². The fourth-order valence-electron chi connectivity index (χ4n) is 4.28. The topological polar surface area (TPSA) is 90.2 Å². The molecule has 0 saturated heterocycles. The van der Waals surface area contributed by atoms with Gasteiger partial charge in [0.1, 0.15) is 0 Å². The van der Waals surface area contributed by atoms with Crippen molar-refractivity contribution in [2.75, 3.05) is 6.61 Å². The van der Waals surface area contributed by atoms with Crippen LogP contribution in [0, 0.1) is 0 Å². The van der Waals surface area contributed by atoms with Crippen molar-refractivity contribution in [3.63, 3.8) is 0 Å². The molecule has 220 valence electrons. The number of aliphatic hydroxyl groups excluding tert-OH is 4. The summed E-state index contributed by atoms with van der Waals surface area (Å²) in [5.74, 6) is 0. The smallest absolute Gasteiger partial charge is 0.157 e. The predicted molar refractivity (Wildman–Crippen MR) is 154 cm³/mol. The van der Waals surface area contributed by atoms with Gasteiger partial charge < -0.3 is 25.2 Å². The summed E-state index contributed by atoms with van der Waals surface area (Å²) in [5, 5.41) is 35.9. The Bertz CT molecular complexity index is 348. The van der Waals surface area contributed by atoms with E-state index in [-0.39, 0.29) is 6.61 Å². The second kappa shape index (κ2) is 32.8. The minimum Gasteiger partial charge on any atom is -0.394 e. The van der Waals surface area contributed by atoms with Crippen LogP contribution in [0.4, 0.5) is 0 Å². The first-order valence-corrected chi connectivity index (χ1v) is 15.8. The maximum absolute atomic E-state index is 9.96. The van der Waals surface area contributed by atoms with Gasteiger partial charge in [-0.05, 0) is 32.6 Å². The lowest BCUT2D eigenvalue weighted by molar-refractivity contribution is -0.212. The Morgan fingerprint density at radius 1 is 0.444 bits per heavy atom. The van der Waals surface area contributed by atoms with Crippen LogP contribution in [-0.4, -0.2) is 45.7 Å². The summed E-state index contributed by atoms with van der Waals surface area (Å²) >= 11 is 0. The van der Waals surface area contributed by atoms with Gasteiger partial charge in [0.05, 0.1) is 12.7 Å². The molecule has 5 nitrogen and oxygen atoms in total. The van der Waals surface area contributed by atoms with E-state index in [1.54, 1.807) is 0 Å².